The van der Waals surface area contributed by atoms with Crippen molar-refractivity contribution in [2.24, 2.45) is 0 Å². The van der Waals surface area contributed by atoms with Gasteiger partial charge in [0.1, 0.15) is 18.2 Å². The van der Waals surface area contributed by atoms with Gasteiger partial charge in [0, 0.05) is 10.0 Å². The Labute approximate surface area is 112 Å². The van der Waals surface area contributed by atoms with Gasteiger partial charge < -0.3 is 4.74 Å². The van der Waals surface area contributed by atoms with Gasteiger partial charge in [0.2, 0.25) is 0 Å². The van der Waals surface area contributed by atoms with Gasteiger partial charge in [-0.3, -0.25) is 0 Å². The van der Waals surface area contributed by atoms with Crippen LogP contribution in [0.15, 0.2) is 46.9 Å². The number of hydrogen-bond donors (Lipinski definition) is 0. The van der Waals surface area contributed by atoms with Gasteiger partial charge in [0.05, 0.1) is 5.02 Å². The van der Waals surface area contributed by atoms with Crippen LogP contribution in [-0.2, 0) is 6.61 Å². The van der Waals surface area contributed by atoms with Crippen molar-refractivity contribution in [1.29, 1.82) is 0 Å². The fourth-order valence-electron chi connectivity index (χ4n) is 1.38. The summed E-state index contributed by atoms with van der Waals surface area (Å²) in [5.41, 5.74) is 0.370. The van der Waals surface area contributed by atoms with Crippen molar-refractivity contribution in [3.63, 3.8) is 0 Å². The number of ether oxygens (including phenoxy) is 1. The Kier molecular flexibility index (Phi) is 4.02. The number of hydrogen-bond acceptors (Lipinski definition) is 1. The quantitative estimate of drug-likeness (QED) is 0.789. The summed E-state index contributed by atoms with van der Waals surface area (Å²) in [4.78, 5) is 0. The standard InChI is InChI=1S/C13H9BrClFO/c14-9-3-1-4-10(7-9)17-8-11-12(15)5-2-6-13(11)16/h1-7H,8H2. The van der Waals surface area contributed by atoms with E-state index in [1.807, 2.05) is 18.2 Å². The minimum Gasteiger partial charge on any atom is -0.489 e. The van der Waals surface area contributed by atoms with E-state index in [-0.39, 0.29) is 12.4 Å². The summed E-state index contributed by atoms with van der Waals surface area (Å²) in [6, 6.07) is 11.9. The first-order chi connectivity index (χ1) is 8.16. The van der Waals surface area contributed by atoms with E-state index >= 15 is 0 Å². The zero-order valence-electron chi connectivity index (χ0n) is 8.79. The maximum Gasteiger partial charge on any atom is 0.131 e. The lowest BCUT2D eigenvalue weighted by molar-refractivity contribution is 0.300. The van der Waals surface area contributed by atoms with Crippen molar-refractivity contribution < 1.29 is 9.13 Å². The summed E-state index contributed by atoms with van der Waals surface area (Å²) >= 11 is 9.23. The molecule has 0 spiro atoms. The van der Waals surface area contributed by atoms with Gasteiger partial charge in [-0.1, -0.05) is 39.7 Å². The first-order valence-electron chi connectivity index (χ1n) is 4.98. The number of rotatable bonds is 3. The van der Waals surface area contributed by atoms with Crippen LogP contribution in [0.4, 0.5) is 4.39 Å². The van der Waals surface area contributed by atoms with E-state index in [4.69, 9.17) is 16.3 Å². The highest BCUT2D eigenvalue weighted by atomic mass is 79.9. The van der Waals surface area contributed by atoms with Crippen LogP contribution < -0.4 is 4.74 Å². The summed E-state index contributed by atoms with van der Waals surface area (Å²) in [5.74, 6) is 0.311. The summed E-state index contributed by atoms with van der Waals surface area (Å²) in [7, 11) is 0. The molecular formula is C13H9BrClFO. The minimum atomic E-state index is -0.354. The second kappa shape index (κ2) is 5.52. The molecule has 0 aromatic heterocycles. The predicted octanol–water partition coefficient (Wildman–Crippen LogP) is 4.82. The molecule has 4 heteroatoms. The van der Waals surface area contributed by atoms with E-state index in [1.54, 1.807) is 18.2 Å². The summed E-state index contributed by atoms with van der Waals surface area (Å²) in [5, 5.41) is 0.375. The zero-order chi connectivity index (χ0) is 12.3. The van der Waals surface area contributed by atoms with Gasteiger partial charge in [0.25, 0.3) is 0 Å². The van der Waals surface area contributed by atoms with Gasteiger partial charge in [-0.05, 0) is 30.3 Å². The van der Waals surface area contributed by atoms with Gasteiger partial charge in [-0.15, -0.1) is 0 Å². The van der Waals surface area contributed by atoms with E-state index < -0.39 is 0 Å². The molecule has 0 aliphatic heterocycles. The average Bonchev–Trinajstić information content (AvgIpc) is 2.28. The fraction of sp³-hybridized carbons (Fsp3) is 0.0769. The van der Waals surface area contributed by atoms with Crippen molar-refractivity contribution in [2.45, 2.75) is 6.61 Å². The lowest BCUT2D eigenvalue weighted by atomic mass is 10.2. The molecule has 17 heavy (non-hydrogen) atoms. The Morgan fingerprint density at radius 3 is 2.65 bits per heavy atom. The molecule has 2 rings (SSSR count). The first kappa shape index (κ1) is 12.4. The van der Waals surface area contributed by atoms with Gasteiger partial charge in [-0.25, -0.2) is 4.39 Å². The van der Waals surface area contributed by atoms with E-state index in [0.29, 0.717) is 16.3 Å². The lowest BCUT2D eigenvalue weighted by Crippen LogP contribution is -1.99. The normalized spacial score (nSPS) is 10.3. The first-order valence-corrected chi connectivity index (χ1v) is 6.15. The average molecular weight is 316 g/mol. The van der Waals surface area contributed by atoms with E-state index in [9.17, 15) is 4.39 Å². The van der Waals surface area contributed by atoms with E-state index in [2.05, 4.69) is 15.9 Å². The van der Waals surface area contributed by atoms with Crippen molar-refractivity contribution in [1.82, 2.24) is 0 Å². The Bertz CT molecular complexity index is 510. The van der Waals surface area contributed by atoms with Gasteiger partial charge in [0.15, 0.2) is 0 Å². The van der Waals surface area contributed by atoms with Crippen LogP contribution in [0.5, 0.6) is 5.75 Å². The van der Waals surface area contributed by atoms with Gasteiger partial charge >= 0.3 is 0 Å². The molecule has 0 heterocycles. The van der Waals surface area contributed by atoms with Crippen LogP contribution in [0, 0.1) is 5.82 Å². The molecule has 0 bridgehead atoms. The second-order valence-electron chi connectivity index (χ2n) is 3.45. The Morgan fingerprint density at radius 2 is 1.94 bits per heavy atom. The smallest absolute Gasteiger partial charge is 0.131 e. The Hall–Kier alpha value is -1.06. The molecule has 0 atom stereocenters. The molecule has 0 N–H and O–H groups in total. The highest BCUT2D eigenvalue weighted by Crippen LogP contribution is 2.23. The van der Waals surface area contributed by atoms with E-state index in [1.165, 1.54) is 6.07 Å². The zero-order valence-corrected chi connectivity index (χ0v) is 11.1. The molecule has 2 aromatic rings. The Balaban J connectivity index is 2.13. The lowest BCUT2D eigenvalue weighted by Gasteiger charge is -2.08. The molecule has 2 aromatic carbocycles. The third kappa shape index (κ3) is 3.20. The maximum atomic E-state index is 13.5. The summed E-state index contributed by atoms with van der Waals surface area (Å²) < 4.78 is 19.9. The van der Waals surface area contributed by atoms with Gasteiger partial charge in [-0.2, -0.15) is 0 Å². The molecule has 88 valence electrons. The number of halogens is 3. The molecule has 0 saturated carbocycles. The molecule has 0 saturated heterocycles. The predicted molar refractivity (Wildman–Crippen MR) is 69.9 cm³/mol. The van der Waals surface area contributed by atoms with Crippen LogP contribution >= 0.6 is 27.5 Å². The summed E-state index contributed by atoms with van der Waals surface area (Å²) in [6.45, 7) is 0.113. The topological polar surface area (TPSA) is 9.23 Å². The van der Waals surface area contributed by atoms with E-state index in [0.717, 1.165) is 4.47 Å². The molecular weight excluding hydrogens is 306 g/mol. The molecule has 0 amide bonds. The molecule has 0 radical (unpaired) electrons. The second-order valence-corrected chi connectivity index (χ2v) is 4.77. The highest BCUT2D eigenvalue weighted by Gasteiger charge is 2.07. The van der Waals surface area contributed by atoms with Crippen molar-refractivity contribution >= 4 is 27.5 Å². The SMILES string of the molecule is Fc1cccc(Cl)c1COc1cccc(Br)c1. The highest BCUT2D eigenvalue weighted by molar-refractivity contribution is 9.10. The van der Waals surface area contributed by atoms with Crippen molar-refractivity contribution in [2.75, 3.05) is 0 Å². The maximum absolute atomic E-state index is 13.5. The molecule has 0 unspecified atom stereocenters. The van der Waals surface area contributed by atoms with Crippen LogP contribution in [0.25, 0.3) is 0 Å². The van der Waals surface area contributed by atoms with Crippen LogP contribution in [0.2, 0.25) is 5.02 Å². The molecule has 0 fully saturated rings. The number of benzene rings is 2. The van der Waals surface area contributed by atoms with Crippen molar-refractivity contribution in [3.05, 3.63) is 63.3 Å². The largest absolute Gasteiger partial charge is 0.489 e. The monoisotopic (exact) mass is 314 g/mol. The fourth-order valence-corrected chi connectivity index (χ4v) is 1.98. The van der Waals surface area contributed by atoms with Crippen LogP contribution in [0.1, 0.15) is 5.56 Å². The van der Waals surface area contributed by atoms with Crippen LogP contribution in [0.3, 0.4) is 0 Å². The minimum absolute atomic E-state index is 0.113. The molecule has 0 aliphatic rings. The summed E-state index contributed by atoms with van der Waals surface area (Å²) in [6.07, 6.45) is 0. The molecule has 1 nitrogen and oxygen atoms in total. The third-order valence-corrected chi connectivity index (χ3v) is 3.09. The Morgan fingerprint density at radius 1 is 1.18 bits per heavy atom. The van der Waals surface area contributed by atoms with Crippen LogP contribution in [-0.4, -0.2) is 0 Å². The van der Waals surface area contributed by atoms with Crippen molar-refractivity contribution in [3.8, 4) is 5.75 Å². The third-order valence-electron chi connectivity index (χ3n) is 2.24. The molecule has 0 aliphatic carbocycles.